The van der Waals surface area contributed by atoms with Crippen molar-refractivity contribution < 1.29 is 0 Å². The summed E-state index contributed by atoms with van der Waals surface area (Å²) in [6.45, 7) is 4.50. The van der Waals surface area contributed by atoms with Gasteiger partial charge in [-0.2, -0.15) is 0 Å². The molecule has 0 saturated heterocycles. The van der Waals surface area contributed by atoms with E-state index in [0.29, 0.717) is 0 Å². The lowest BCUT2D eigenvalue weighted by Crippen LogP contribution is -1.80. The van der Waals surface area contributed by atoms with Gasteiger partial charge in [-0.05, 0) is 46.9 Å². The first-order valence-electron chi connectivity index (χ1n) is 8.66. The molecule has 0 aliphatic heterocycles. The Hall–Kier alpha value is -1.90. The SMILES string of the molecule is CCc1cc2c(s1)-c1ccc3c4c(ccc-2c14)-c1cc(CC)sc1-3. The van der Waals surface area contributed by atoms with E-state index in [1.807, 2.05) is 22.7 Å². The van der Waals surface area contributed by atoms with Gasteiger partial charge in [0, 0.05) is 41.8 Å². The molecule has 0 nitrogen and oxygen atoms in total. The van der Waals surface area contributed by atoms with E-state index in [0.717, 1.165) is 12.8 Å². The fourth-order valence-electron chi connectivity index (χ4n) is 4.36. The first-order chi connectivity index (χ1) is 11.8. The maximum absolute atomic E-state index is 2.41. The van der Waals surface area contributed by atoms with Crippen LogP contribution in [0.4, 0.5) is 0 Å². The third-order valence-corrected chi connectivity index (χ3v) is 8.12. The van der Waals surface area contributed by atoms with Crippen LogP contribution < -0.4 is 0 Å². The lowest BCUT2D eigenvalue weighted by Gasteiger charge is -2.07. The van der Waals surface area contributed by atoms with E-state index in [4.69, 9.17) is 0 Å². The van der Waals surface area contributed by atoms with Crippen LogP contribution in [-0.4, -0.2) is 0 Å². The van der Waals surface area contributed by atoms with Crippen LogP contribution in [0.2, 0.25) is 0 Å². The average molecular weight is 345 g/mol. The van der Waals surface area contributed by atoms with Crippen molar-refractivity contribution in [2.75, 3.05) is 0 Å². The van der Waals surface area contributed by atoms with E-state index in [9.17, 15) is 0 Å². The summed E-state index contributed by atoms with van der Waals surface area (Å²) in [6, 6.07) is 14.3. The molecule has 2 aromatic carbocycles. The summed E-state index contributed by atoms with van der Waals surface area (Å²) in [6.07, 6.45) is 2.26. The molecule has 116 valence electrons. The summed E-state index contributed by atoms with van der Waals surface area (Å²) >= 11 is 3.96. The Morgan fingerprint density at radius 2 is 1.00 bits per heavy atom. The first-order valence-corrected chi connectivity index (χ1v) is 10.3. The summed E-state index contributed by atoms with van der Waals surface area (Å²) in [7, 11) is 0. The summed E-state index contributed by atoms with van der Waals surface area (Å²) in [5.41, 5.74) is 8.72. The third kappa shape index (κ3) is 1.41. The van der Waals surface area contributed by atoms with E-state index < -0.39 is 0 Å². The Labute approximate surface area is 149 Å². The predicted octanol–water partition coefficient (Wildman–Crippen LogP) is 7.38. The van der Waals surface area contributed by atoms with Gasteiger partial charge in [0.15, 0.2) is 0 Å². The number of aryl methyl sites for hydroxylation is 2. The Morgan fingerprint density at radius 3 is 1.42 bits per heavy atom. The van der Waals surface area contributed by atoms with Crippen LogP contribution in [0.15, 0.2) is 36.4 Å². The van der Waals surface area contributed by atoms with Crippen LogP contribution in [-0.2, 0) is 12.8 Å². The van der Waals surface area contributed by atoms with Crippen LogP contribution >= 0.6 is 22.7 Å². The van der Waals surface area contributed by atoms with Gasteiger partial charge in [0.1, 0.15) is 0 Å². The third-order valence-electron chi connectivity index (χ3n) is 5.49. The van der Waals surface area contributed by atoms with Gasteiger partial charge < -0.3 is 0 Å². The highest BCUT2D eigenvalue weighted by molar-refractivity contribution is 7.17. The fraction of sp³-hybridized carbons (Fsp3) is 0.182. The highest BCUT2D eigenvalue weighted by atomic mass is 32.1. The van der Waals surface area contributed by atoms with Gasteiger partial charge in [-0.3, -0.25) is 0 Å². The minimum Gasteiger partial charge on any atom is -0.140 e. The van der Waals surface area contributed by atoms with Gasteiger partial charge in [-0.15, -0.1) is 22.7 Å². The molecule has 0 unspecified atom stereocenters. The van der Waals surface area contributed by atoms with E-state index >= 15 is 0 Å². The molecule has 0 N–H and O–H groups in total. The molecule has 2 heteroatoms. The summed E-state index contributed by atoms with van der Waals surface area (Å²) in [5, 5.41) is 2.99. The number of hydrogen-bond acceptors (Lipinski definition) is 2. The van der Waals surface area contributed by atoms with Gasteiger partial charge in [-0.25, -0.2) is 0 Å². The van der Waals surface area contributed by atoms with Crippen LogP contribution in [0.1, 0.15) is 23.6 Å². The molecule has 0 spiro atoms. The predicted molar refractivity (Wildman–Crippen MR) is 107 cm³/mol. The monoisotopic (exact) mass is 344 g/mol. The molecule has 0 atom stereocenters. The molecule has 2 aliphatic rings. The Bertz CT molecular complexity index is 996. The molecule has 2 aromatic heterocycles. The van der Waals surface area contributed by atoms with Crippen molar-refractivity contribution >= 4 is 33.4 Å². The minimum absolute atomic E-state index is 1.13. The van der Waals surface area contributed by atoms with Crippen LogP contribution in [0.3, 0.4) is 0 Å². The molecule has 2 aliphatic carbocycles. The van der Waals surface area contributed by atoms with E-state index in [1.54, 1.807) is 0 Å². The number of hydrogen-bond donors (Lipinski definition) is 0. The van der Waals surface area contributed by atoms with E-state index in [1.165, 1.54) is 63.7 Å². The number of rotatable bonds is 2. The molecular weight excluding hydrogens is 328 g/mol. The van der Waals surface area contributed by atoms with Crippen LogP contribution in [0.5, 0.6) is 0 Å². The maximum atomic E-state index is 2.41. The second-order valence-electron chi connectivity index (χ2n) is 6.69. The zero-order valence-electron chi connectivity index (χ0n) is 13.7. The minimum atomic E-state index is 1.13. The standard InChI is InChI=1S/C22H16S2/c1-3-11-9-17-13-5-6-14-18-10-12(4-2)24-22(18)16-8-7-15(21(17)23-11)19(13)20(14)16/h5-10H,3-4H2,1-2H3. The van der Waals surface area contributed by atoms with E-state index in [-0.39, 0.29) is 0 Å². The molecule has 0 fully saturated rings. The van der Waals surface area contributed by atoms with Crippen LogP contribution in [0, 0.1) is 0 Å². The number of fused-ring (bicyclic) bond motifs is 6. The highest BCUT2D eigenvalue weighted by Gasteiger charge is 2.31. The fourth-order valence-corrected chi connectivity index (χ4v) is 6.64. The lowest BCUT2D eigenvalue weighted by molar-refractivity contribution is 1.19. The largest absolute Gasteiger partial charge is 0.140 e. The lowest BCUT2D eigenvalue weighted by atomic mass is 9.97. The normalized spacial score (nSPS) is 12.9. The quantitative estimate of drug-likeness (QED) is 0.307. The van der Waals surface area contributed by atoms with Crippen molar-refractivity contribution in [3.63, 3.8) is 0 Å². The van der Waals surface area contributed by atoms with Crippen molar-refractivity contribution in [1.82, 2.24) is 0 Å². The number of benzene rings is 2. The topological polar surface area (TPSA) is 0 Å². The second kappa shape index (κ2) is 4.38. The van der Waals surface area contributed by atoms with Gasteiger partial charge in [-0.1, -0.05) is 38.1 Å². The van der Waals surface area contributed by atoms with Gasteiger partial charge in [0.05, 0.1) is 0 Å². The second-order valence-corrected chi connectivity index (χ2v) is 8.96. The molecule has 6 rings (SSSR count). The Balaban J connectivity index is 1.73. The summed E-state index contributed by atoms with van der Waals surface area (Å²) in [4.78, 5) is 5.95. The zero-order valence-corrected chi connectivity index (χ0v) is 15.3. The van der Waals surface area contributed by atoms with Gasteiger partial charge >= 0.3 is 0 Å². The molecule has 0 bridgehead atoms. The summed E-state index contributed by atoms with van der Waals surface area (Å²) in [5.74, 6) is 0. The van der Waals surface area contributed by atoms with E-state index in [2.05, 4.69) is 50.2 Å². The molecule has 0 amide bonds. The van der Waals surface area contributed by atoms with Gasteiger partial charge in [0.25, 0.3) is 0 Å². The van der Waals surface area contributed by atoms with Crippen molar-refractivity contribution in [3.05, 3.63) is 46.2 Å². The molecule has 2 heterocycles. The van der Waals surface area contributed by atoms with Crippen molar-refractivity contribution in [3.8, 4) is 43.1 Å². The molecule has 4 aromatic rings. The molecule has 24 heavy (non-hydrogen) atoms. The van der Waals surface area contributed by atoms with Crippen molar-refractivity contribution in [2.24, 2.45) is 0 Å². The highest BCUT2D eigenvalue weighted by Crippen LogP contribution is 2.59. The smallest absolute Gasteiger partial charge is 0.0430 e. The zero-order chi connectivity index (χ0) is 16.0. The Morgan fingerprint density at radius 1 is 0.583 bits per heavy atom. The molecular formula is C22H16S2. The van der Waals surface area contributed by atoms with Crippen molar-refractivity contribution in [1.29, 1.82) is 0 Å². The molecule has 0 saturated carbocycles. The average Bonchev–Trinajstić information content (AvgIpc) is 3.32. The number of thiophene rings is 2. The summed E-state index contributed by atoms with van der Waals surface area (Å²) < 4.78 is 0. The van der Waals surface area contributed by atoms with Crippen LogP contribution in [0.25, 0.3) is 53.9 Å². The van der Waals surface area contributed by atoms with Gasteiger partial charge in [0.2, 0.25) is 0 Å². The Kier molecular flexibility index (Phi) is 2.45. The van der Waals surface area contributed by atoms with Crippen molar-refractivity contribution in [2.45, 2.75) is 26.7 Å². The first kappa shape index (κ1) is 13.4. The maximum Gasteiger partial charge on any atom is 0.0430 e. The molecule has 0 radical (unpaired) electrons.